The molecule has 1 aliphatic rings. The Morgan fingerprint density at radius 3 is 2.10 bits per heavy atom. The maximum absolute atomic E-state index is 14.1. The van der Waals surface area contributed by atoms with Crippen molar-refractivity contribution in [1.29, 1.82) is 5.41 Å². The van der Waals surface area contributed by atoms with Crippen LogP contribution >= 0.6 is 0 Å². The van der Waals surface area contributed by atoms with Crippen molar-refractivity contribution in [3.63, 3.8) is 0 Å². The van der Waals surface area contributed by atoms with Crippen molar-refractivity contribution in [2.45, 2.75) is 73.0 Å². The molecular formula is C42H50N6O11. The van der Waals surface area contributed by atoms with Gasteiger partial charge in [0, 0.05) is 53.9 Å². The lowest BCUT2D eigenvalue weighted by molar-refractivity contribution is -0.169. The second-order valence-electron chi connectivity index (χ2n) is 14.4. The Balaban J connectivity index is 1.60. The first-order valence-electron chi connectivity index (χ1n) is 18.9. The van der Waals surface area contributed by atoms with E-state index in [2.05, 4.69) is 27.5 Å². The van der Waals surface area contributed by atoms with E-state index in [1.54, 1.807) is 27.7 Å². The van der Waals surface area contributed by atoms with Crippen LogP contribution in [0.3, 0.4) is 0 Å². The smallest absolute Gasteiger partial charge is 0.415 e. The Kier molecular flexibility index (Phi) is 15.4. The molecular weight excluding hydrogens is 764 g/mol. The molecule has 0 bridgehead atoms. The van der Waals surface area contributed by atoms with E-state index in [9.17, 15) is 28.8 Å². The number of esters is 3. The monoisotopic (exact) mass is 814 g/mol. The SMILES string of the molecule is C=Cc1cc(C(=O)Nc2ccc(C(=N)NC(=O)OC(C)OC(=O)[C@@H](N)C(C)C)cc2)c(-c2ccc(C(=O)NCC3CC3)nc2C(=O)OC(C)OC(=O)C(C)C)cc1OC. The molecule has 314 valence electrons. The lowest BCUT2D eigenvalue weighted by Gasteiger charge is -2.19. The number of amides is 3. The zero-order valence-corrected chi connectivity index (χ0v) is 34.0. The summed E-state index contributed by atoms with van der Waals surface area (Å²) >= 11 is 0. The van der Waals surface area contributed by atoms with Crippen LogP contribution in [0.1, 0.15) is 96.8 Å². The number of alkyl carbamates (subject to hydrolysis) is 1. The van der Waals surface area contributed by atoms with E-state index in [0.717, 1.165) is 12.8 Å². The Morgan fingerprint density at radius 2 is 1.51 bits per heavy atom. The van der Waals surface area contributed by atoms with Gasteiger partial charge in [0.25, 0.3) is 11.8 Å². The summed E-state index contributed by atoms with van der Waals surface area (Å²) in [7, 11) is 1.42. The molecule has 3 atom stereocenters. The molecule has 1 aliphatic carbocycles. The van der Waals surface area contributed by atoms with E-state index >= 15 is 0 Å². The molecule has 6 N–H and O–H groups in total. The van der Waals surface area contributed by atoms with Gasteiger partial charge in [0.05, 0.1) is 13.0 Å². The Hall–Kier alpha value is -6.62. The fourth-order valence-corrected chi connectivity index (χ4v) is 5.29. The quantitative estimate of drug-likeness (QED) is 0.0495. The van der Waals surface area contributed by atoms with Crippen LogP contribution in [-0.2, 0) is 28.5 Å². The van der Waals surface area contributed by atoms with Crippen molar-refractivity contribution in [1.82, 2.24) is 15.6 Å². The van der Waals surface area contributed by atoms with Gasteiger partial charge in [-0.3, -0.25) is 29.9 Å². The van der Waals surface area contributed by atoms with E-state index < -0.39 is 60.4 Å². The van der Waals surface area contributed by atoms with Crippen molar-refractivity contribution in [3.05, 3.63) is 83.2 Å². The number of nitrogens with zero attached hydrogens (tertiary/aromatic N) is 1. The third-order valence-corrected chi connectivity index (χ3v) is 8.92. The zero-order valence-electron chi connectivity index (χ0n) is 34.0. The minimum atomic E-state index is -1.31. The van der Waals surface area contributed by atoms with Gasteiger partial charge in [0.1, 0.15) is 23.3 Å². The molecule has 1 fully saturated rings. The van der Waals surface area contributed by atoms with E-state index in [1.165, 1.54) is 75.6 Å². The second kappa shape index (κ2) is 20.2. The summed E-state index contributed by atoms with van der Waals surface area (Å²) < 4.78 is 26.3. The highest BCUT2D eigenvalue weighted by Crippen LogP contribution is 2.35. The lowest BCUT2D eigenvalue weighted by atomic mass is 9.94. The van der Waals surface area contributed by atoms with Crippen molar-refractivity contribution in [3.8, 4) is 16.9 Å². The summed E-state index contributed by atoms with van der Waals surface area (Å²) in [4.78, 5) is 82.0. The highest BCUT2D eigenvalue weighted by atomic mass is 16.7. The minimum Gasteiger partial charge on any atom is -0.496 e. The highest BCUT2D eigenvalue weighted by molar-refractivity contribution is 6.11. The van der Waals surface area contributed by atoms with Gasteiger partial charge in [-0.15, -0.1) is 0 Å². The number of pyridine rings is 1. The number of hydrogen-bond donors (Lipinski definition) is 5. The summed E-state index contributed by atoms with van der Waals surface area (Å²) in [6, 6.07) is 10.9. The van der Waals surface area contributed by atoms with E-state index in [-0.39, 0.29) is 45.4 Å². The number of nitrogens with one attached hydrogen (secondary N) is 4. The molecule has 3 aromatic rings. The van der Waals surface area contributed by atoms with Gasteiger partial charge in [-0.25, -0.2) is 14.6 Å². The minimum absolute atomic E-state index is 0.0483. The van der Waals surface area contributed by atoms with Crippen LogP contribution in [0.4, 0.5) is 10.5 Å². The summed E-state index contributed by atoms with van der Waals surface area (Å²) in [6.07, 6.45) is -0.149. The Labute approximate surface area is 341 Å². The Bertz CT molecular complexity index is 2100. The van der Waals surface area contributed by atoms with Crippen LogP contribution in [-0.4, -0.2) is 78.9 Å². The summed E-state index contributed by atoms with van der Waals surface area (Å²) in [6.45, 7) is 13.7. The molecule has 59 heavy (non-hydrogen) atoms. The van der Waals surface area contributed by atoms with Gasteiger partial charge in [-0.05, 0) is 73.2 Å². The number of methoxy groups -OCH3 is 1. The molecule has 0 saturated heterocycles. The average molecular weight is 815 g/mol. The summed E-state index contributed by atoms with van der Waals surface area (Å²) in [5.74, 6) is -3.87. The number of rotatable bonds is 17. The average Bonchev–Trinajstić information content (AvgIpc) is 4.03. The van der Waals surface area contributed by atoms with E-state index in [0.29, 0.717) is 29.5 Å². The van der Waals surface area contributed by atoms with Crippen LogP contribution < -0.4 is 26.4 Å². The van der Waals surface area contributed by atoms with Gasteiger partial charge in [-0.2, -0.15) is 0 Å². The van der Waals surface area contributed by atoms with Gasteiger partial charge < -0.3 is 40.1 Å². The van der Waals surface area contributed by atoms with Gasteiger partial charge in [0.2, 0.25) is 12.6 Å². The first-order valence-corrected chi connectivity index (χ1v) is 18.9. The first kappa shape index (κ1) is 45.1. The third-order valence-electron chi connectivity index (χ3n) is 8.92. The molecule has 1 saturated carbocycles. The maximum Gasteiger partial charge on any atom is 0.415 e. The topological polar surface area (TPSA) is 247 Å². The van der Waals surface area contributed by atoms with Crippen molar-refractivity contribution < 1.29 is 52.5 Å². The lowest BCUT2D eigenvalue weighted by Crippen LogP contribution is -2.40. The van der Waals surface area contributed by atoms with Crippen molar-refractivity contribution >= 4 is 53.4 Å². The summed E-state index contributed by atoms with van der Waals surface area (Å²) in [5, 5.41) is 16.2. The van der Waals surface area contributed by atoms with Crippen molar-refractivity contribution in [2.75, 3.05) is 19.0 Å². The summed E-state index contributed by atoms with van der Waals surface area (Å²) in [5.41, 5.74) is 6.66. The van der Waals surface area contributed by atoms with Crippen molar-refractivity contribution in [2.24, 2.45) is 23.5 Å². The first-order chi connectivity index (χ1) is 27.9. The van der Waals surface area contributed by atoms with Crippen LogP contribution in [0.2, 0.25) is 0 Å². The largest absolute Gasteiger partial charge is 0.496 e. The molecule has 1 aromatic heterocycles. The molecule has 3 amide bonds. The molecule has 1 heterocycles. The Morgan fingerprint density at radius 1 is 0.864 bits per heavy atom. The number of anilines is 1. The molecule has 0 aliphatic heterocycles. The van der Waals surface area contributed by atoms with Crippen LogP contribution in [0.15, 0.2) is 55.1 Å². The zero-order chi connectivity index (χ0) is 43.6. The molecule has 0 spiro atoms. The number of amidine groups is 1. The fraction of sp³-hybridized carbons (Fsp3) is 0.381. The fourth-order valence-electron chi connectivity index (χ4n) is 5.29. The third kappa shape index (κ3) is 12.4. The number of aromatic nitrogens is 1. The van der Waals surface area contributed by atoms with Gasteiger partial charge in [-0.1, -0.05) is 40.3 Å². The highest BCUT2D eigenvalue weighted by Gasteiger charge is 2.28. The predicted octanol–water partition coefficient (Wildman–Crippen LogP) is 5.42. The van der Waals surface area contributed by atoms with Gasteiger partial charge >= 0.3 is 24.0 Å². The molecule has 4 rings (SSSR count). The van der Waals surface area contributed by atoms with Gasteiger partial charge in [0.15, 0.2) is 5.69 Å². The van der Waals surface area contributed by atoms with Crippen LogP contribution in [0.25, 0.3) is 17.2 Å². The van der Waals surface area contributed by atoms with Crippen LogP contribution in [0.5, 0.6) is 5.75 Å². The number of carbonyl (C=O) groups is 6. The molecule has 17 nitrogen and oxygen atoms in total. The number of nitrogens with two attached hydrogens (primary N) is 1. The number of benzene rings is 2. The van der Waals surface area contributed by atoms with E-state index in [1.807, 2.05) is 0 Å². The van der Waals surface area contributed by atoms with E-state index in [4.69, 9.17) is 34.8 Å². The number of carbonyl (C=O) groups excluding carboxylic acids is 6. The maximum atomic E-state index is 14.1. The predicted molar refractivity (Wildman–Crippen MR) is 216 cm³/mol. The molecule has 17 heteroatoms. The van der Waals surface area contributed by atoms with Crippen LogP contribution in [0, 0.1) is 23.2 Å². The second-order valence-corrected chi connectivity index (χ2v) is 14.4. The number of hydrogen-bond acceptors (Lipinski definition) is 14. The molecule has 2 unspecified atom stereocenters. The molecule has 2 aromatic carbocycles. The standard InChI is InChI=1S/C42H50N6O11/c1-9-26-18-31(37(49)46-28-14-12-27(13-15-28)36(44)48-42(54)59-24(7)57-40(52)34(43)21(2)3)30(19-33(26)55-8)29-16-17-32(38(50)45-20-25-10-11-25)47-35(29)41(53)58-23(6)56-39(51)22(4)5/h9,12-19,21-25,34H,1,10-11,20,43H2,2-8H3,(H,45,50)(H,46,49)(H2,44,48,54)/t23?,24?,34-/m0/s1. The number of ether oxygens (including phenoxy) is 5. The normalized spacial score (nSPS) is 13.6. The molecule has 0 radical (unpaired) electrons.